The van der Waals surface area contributed by atoms with E-state index in [1.807, 2.05) is 0 Å². The highest BCUT2D eigenvalue weighted by molar-refractivity contribution is 7.80. The van der Waals surface area contributed by atoms with Gasteiger partial charge < -0.3 is 16.9 Å². The van der Waals surface area contributed by atoms with Gasteiger partial charge in [-0.2, -0.15) is 0 Å². The fourth-order valence-corrected chi connectivity index (χ4v) is 0. The Hall–Kier alpha value is -0.350. The standard InChI is InChI=1S/CH4N2S.H2O/c2-1(3)4;/h(H4,2,3,4);1H2. The molecule has 32 valence electrons. The molecule has 6 N–H and O–H groups in total. The fourth-order valence-electron chi connectivity index (χ4n) is 0. The predicted octanol–water partition coefficient (Wildman–Crippen LogP) is -1.64. The lowest BCUT2D eigenvalue weighted by atomic mass is 11.3. The second kappa shape index (κ2) is 3.65. The summed E-state index contributed by atoms with van der Waals surface area (Å²) in [6.07, 6.45) is 0. The smallest absolute Gasteiger partial charge is 0.160 e. The fraction of sp³-hybridized carbons (Fsp3) is 0. The van der Waals surface area contributed by atoms with Crippen LogP contribution in [0, 0.1) is 0 Å². The molecular formula is CH6N2OS. The van der Waals surface area contributed by atoms with E-state index in [9.17, 15) is 0 Å². The van der Waals surface area contributed by atoms with Crippen LogP contribution in [-0.4, -0.2) is 10.6 Å². The summed E-state index contributed by atoms with van der Waals surface area (Å²) >= 11 is 4.09. The van der Waals surface area contributed by atoms with Crippen LogP contribution in [-0.2, 0) is 0 Å². The zero-order chi connectivity index (χ0) is 3.58. The molecule has 0 aliphatic heterocycles. The molecule has 5 heavy (non-hydrogen) atoms. The van der Waals surface area contributed by atoms with Crippen LogP contribution in [0.4, 0.5) is 0 Å². The maximum Gasteiger partial charge on any atom is 0.160 e. The summed E-state index contributed by atoms with van der Waals surface area (Å²) in [5, 5.41) is 0.000000000000000222. The summed E-state index contributed by atoms with van der Waals surface area (Å²) in [5.41, 5.74) is 9.24. The number of rotatable bonds is 0. The highest BCUT2D eigenvalue weighted by atomic mass is 32.1. The normalized spacial score (nSPS) is 4.80. The molecule has 0 aliphatic carbocycles. The minimum absolute atomic E-state index is 0. The van der Waals surface area contributed by atoms with Gasteiger partial charge in [0.1, 0.15) is 0 Å². The van der Waals surface area contributed by atoms with Gasteiger partial charge in [0.25, 0.3) is 0 Å². The van der Waals surface area contributed by atoms with Crippen LogP contribution < -0.4 is 11.5 Å². The molecule has 0 fully saturated rings. The minimum atomic E-state index is 0. The number of nitrogens with two attached hydrogens (primary N) is 2. The average Bonchev–Trinajstić information content (AvgIpc) is 0.811. The van der Waals surface area contributed by atoms with Gasteiger partial charge in [-0.3, -0.25) is 0 Å². The van der Waals surface area contributed by atoms with Gasteiger partial charge in [0, 0.05) is 0 Å². The Morgan fingerprint density at radius 3 is 1.40 bits per heavy atom. The molecule has 0 radical (unpaired) electrons. The van der Waals surface area contributed by atoms with E-state index in [2.05, 4.69) is 23.7 Å². The first kappa shape index (κ1) is 8.82. The third-order valence-corrected chi connectivity index (χ3v) is 0. The molecular weight excluding hydrogens is 88.1 g/mol. The van der Waals surface area contributed by atoms with Crippen LogP contribution in [0.1, 0.15) is 0 Å². The summed E-state index contributed by atoms with van der Waals surface area (Å²) in [6.45, 7) is 0. The first-order chi connectivity index (χ1) is 1.73. The van der Waals surface area contributed by atoms with E-state index in [1.54, 1.807) is 0 Å². The molecule has 4 heteroatoms. The molecule has 0 bridgehead atoms. The van der Waals surface area contributed by atoms with Gasteiger partial charge in [-0.1, -0.05) is 0 Å². The lowest BCUT2D eigenvalue weighted by Crippen LogP contribution is -2.18. The SMILES string of the molecule is NC(N)=S.O. The molecule has 0 heterocycles. The van der Waals surface area contributed by atoms with Gasteiger partial charge in [0.15, 0.2) is 5.11 Å². The lowest BCUT2D eigenvalue weighted by Gasteiger charge is -1.68. The van der Waals surface area contributed by atoms with E-state index in [0.29, 0.717) is 0 Å². The summed E-state index contributed by atoms with van der Waals surface area (Å²) in [6, 6.07) is 0. The van der Waals surface area contributed by atoms with E-state index in [0.717, 1.165) is 0 Å². The molecule has 0 rings (SSSR count). The molecule has 0 spiro atoms. The largest absolute Gasteiger partial charge is 0.412 e. The first-order valence-electron chi connectivity index (χ1n) is 0.781. The maximum absolute atomic E-state index is 4.62. The van der Waals surface area contributed by atoms with Crippen LogP contribution in [0.2, 0.25) is 0 Å². The number of hydrogen-bond acceptors (Lipinski definition) is 1. The minimum Gasteiger partial charge on any atom is -0.412 e. The third-order valence-electron chi connectivity index (χ3n) is 0. The first-order valence-corrected chi connectivity index (χ1v) is 1.19. The molecule has 0 atom stereocenters. The molecule has 3 nitrogen and oxygen atoms in total. The Morgan fingerprint density at radius 2 is 1.40 bits per heavy atom. The van der Waals surface area contributed by atoms with Crippen molar-refractivity contribution in [3.8, 4) is 0 Å². The van der Waals surface area contributed by atoms with E-state index in [1.165, 1.54) is 0 Å². The summed E-state index contributed by atoms with van der Waals surface area (Å²) in [4.78, 5) is 0. The van der Waals surface area contributed by atoms with Crippen LogP contribution in [0.3, 0.4) is 0 Å². The van der Waals surface area contributed by atoms with Crippen molar-refractivity contribution < 1.29 is 5.48 Å². The van der Waals surface area contributed by atoms with Crippen LogP contribution >= 0.6 is 12.2 Å². The van der Waals surface area contributed by atoms with Crippen molar-refractivity contribution in [2.45, 2.75) is 0 Å². The summed E-state index contributed by atoms with van der Waals surface area (Å²) in [5.74, 6) is 0. The van der Waals surface area contributed by atoms with Crippen molar-refractivity contribution in [2.75, 3.05) is 0 Å². The van der Waals surface area contributed by atoms with Crippen LogP contribution in [0.5, 0.6) is 0 Å². The Morgan fingerprint density at radius 1 is 1.40 bits per heavy atom. The van der Waals surface area contributed by atoms with Crippen molar-refractivity contribution >= 4 is 17.3 Å². The van der Waals surface area contributed by atoms with E-state index in [-0.39, 0.29) is 10.6 Å². The van der Waals surface area contributed by atoms with Gasteiger partial charge in [0.05, 0.1) is 0 Å². The van der Waals surface area contributed by atoms with Gasteiger partial charge >= 0.3 is 0 Å². The van der Waals surface area contributed by atoms with E-state index >= 15 is 0 Å². The average molecular weight is 94.1 g/mol. The highest BCUT2D eigenvalue weighted by Crippen LogP contribution is 1.32. The van der Waals surface area contributed by atoms with Crippen molar-refractivity contribution in [3.63, 3.8) is 0 Å². The zero-order valence-electron chi connectivity index (χ0n) is 2.56. The van der Waals surface area contributed by atoms with Gasteiger partial charge in [-0.25, -0.2) is 0 Å². The van der Waals surface area contributed by atoms with Crippen molar-refractivity contribution in [1.82, 2.24) is 0 Å². The molecule has 0 unspecified atom stereocenters. The molecule has 0 saturated heterocycles. The van der Waals surface area contributed by atoms with E-state index < -0.39 is 0 Å². The molecule has 0 aromatic carbocycles. The van der Waals surface area contributed by atoms with Crippen LogP contribution in [0.15, 0.2) is 0 Å². The molecule has 0 aliphatic rings. The number of hydrogen-bond donors (Lipinski definition) is 2. The van der Waals surface area contributed by atoms with Gasteiger partial charge in [0.2, 0.25) is 0 Å². The third kappa shape index (κ3) is 81.1. The van der Waals surface area contributed by atoms with E-state index in [4.69, 9.17) is 0 Å². The molecule has 0 amide bonds. The Bertz CT molecular complexity index is 32.6. The summed E-state index contributed by atoms with van der Waals surface area (Å²) < 4.78 is 0. The number of thiocarbonyl (C=S) groups is 1. The van der Waals surface area contributed by atoms with Crippen molar-refractivity contribution in [3.05, 3.63) is 0 Å². The van der Waals surface area contributed by atoms with Crippen molar-refractivity contribution in [1.29, 1.82) is 0 Å². The summed E-state index contributed by atoms with van der Waals surface area (Å²) in [7, 11) is 0. The van der Waals surface area contributed by atoms with Gasteiger partial charge in [-0.05, 0) is 12.2 Å². The molecule has 0 aromatic rings. The predicted molar refractivity (Wildman–Crippen MR) is 24.6 cm³/mol. The topological polar surface area (TPSA) is 83.5 Å². The van der Waals surface area contributed by atoms with Crippen molar-refractivity contribution in [2.24, 2.45) is 11.5 Å². The Labute approximate surface area is 35.3 Å². The monoisotopic (exact) mass is 94.0 g/mol. The Balaban J connectivity index is 0. The zero-order valence-corrected chi connectivity index (χ0v) is 3.38. The van der Waals surface area contributed by atoms with Crippen LogP contribution in [0.25, 0.3) is 0 Å². The second-order valence-corrected chi connectivity index (χ2v) is 0.874. The van der Waals surface area contributed by atoms with Gasteiger partial charge in [-0.15, -0.1) is 0 Å². The Kier molecular flexibility index (Phi) is 6.44. The molecule has 0 aromatic heterocycles. The quantitative estimate of drug-likeness (QED) is 0.353. The maximum atomic E-state index is 4.62. The molecule has 0 saturated carbocycles. The second-order valence-electron chi connectivity index (χ2n) is 0.402. The lowest BCUT2D eigenvalue weighted by molar-refractivity contribution is 0.824. The highest BCUT2D eigenvalue weighted by Gasteiger charge is 1.53.